The fourth-order valence-electron chi connectivity index (χ4n) is 2.16. The molecule has 1 heterocycles. The Hall–Kier alpha value is -1.66. The van der Waals surface area contributed by atoms with Crippen molar-refractivity contribution < 1.29 is 14.3 Å². The summed E-state index contributed by atoms with van der Waals surface area (Å²) in [5.41, 5.74) is 1.11. The van der Waals surface area contributed by atoms with Crippen LogP contribution >= 0.6 is 12.2 Å². The van der Waals surface area contributed by atoms with Crippen molar-refractivity contribution in [1.29, 1.82) is 0 Å². The third-order valence-corrected chi connectivity index (χ3v) is 3.43. The summed E-state index contributed by atoms with van der Waals surface area (Å²) in [6.45, 7) is 3.61. The number of nitrogens with one attached hydrogen (secondary N) is 2. The van der Waals surface area contributed by atoms with E-state index in [-0.39, 0.29) is 12.1 Å². The highest BCUT2D eigenvalue weighted by atomic mass is 32.1. The zero-order valence-corrected chi connectivity index (χ0v) is 12.9. The first-order valence-corrected chi connectivity index (χ1v) is 7.54. The first-order chi connectivity index (χ1) is 10.2. The predicted molar refractivity (Wildman–Crippen MR) is 85.6 cm³/mol. The smallest absolute Gasteiger partial charge is 0.340 e. The van der Waals surface area contributed by atoms with Gasteiger partial charge in [-0.25, -0.2) is 4.79 Å². The van der Waals surface area contributed by atoms with Gasteiger partial charge >= 0.3 is 5.97 Å². The topological polar surface area (TPSA) is 59.6 Å². The average molecular weight is 308 g/mol. The SMILES string of the molecule is CCOC(=O)c1ccccc1NC(=S)NCC1CCCO1. The van der Waals surface area contributed by atoms with E-state index in [1.165, 1.54) is 0 Å². The van der Waals surface area contributed by atoms with Crippen molar-refractivity contribution in [3.05, 3.63) is 29.8 Å². The number of benzene rings is 1. The number of para-hydroxylation sites is 1. The van der Waals surface area contributed by atoms with E-state index < -0.39 is 0 Å². The normalized spacial score (nSPS) is 17.3. The Morgan fingerprint density at radius 3 is 3.00 bits per heavy atom. The van der Waals surface area contributed by atoms with Gasteiger partial charge in [0.25, 0.3) is 0 Å². The molecule has 2 N–H and O–H groups in total. The minimum absolute atomic E-state index is 0.213. The second-order valence-corrected chi connectivity index (χ2v) is 5.14. The molecule has 0 spiro atoms. The molecule has 21 heavy (non-hydrogen) atoms. The number of anilines is 1. The van der Waals surface area contributed by atoms with E-state index in [1.807, 2.05) is 6.07 Å². The molecular formula is C15H20N2O3S. The van der Waals surface area contributed by atoms with Crippen molar-refractivity contribution in [3.8, 4) is 0 Å². The molecule has 1 saturated heterocycles. The van der Waals surface area contributed by atoms with Crippen LogP contribution in [0.15, 0.2) is 24.3 Å². The summed E-state index contributed by atoms with van der Waals surface area (Å²) in [6, 6.07) is 7.14. The van der Waals surface area contributed by atoms with Crippen molar-refractivity contribution >= 4 is 29.0 Å². The molecule has 2 rings (SSSR count). The maximum atomic E-state index is 11.9. The maximum Gasteiger partial charge on any atom is 0.340 e. The van der Waals surface area contributed by atoms with Crippen LogP contribution < -0.4 is 10.6 Å². The highest BCUT2D eigenvalue weighted by molar-refractivity contribution is 7.80. The number of thiocarbonyl (C=S) groups is 1. The molecule has 1 aliphatic heterocycles. The lowest BCUT2D eigenvalue weighted by Gasteiger charge is -2.15. The third-order valence-electron chi connectivity index (χ3n) is 3.18. The molecular weight excluding hydrogens is 288 g/mol. The quantitative estimate of drug-likeness (QED) is 0.643. The molecule has 0 aromatic heterocycles. The molecule has 5 nitrogen and oxygen atoms in total. The molecule has 0 amide bonds. The Kier molecular flexibility index (Phi) is 5.95. The maximum absolute atomic E-state index is 11.9. The monoisotopic (exact) mass is 308 g/mol. The van der Waals surface area contributed by atoms with Gasteiger partial charge in [0.2, 0.25) is 0 Å². The summed E-state index contributed by atoms with van der Waals surface area (Å²) < 4.78 is 10.6. The Morgan fingerprint density at radius 2 is 2.29 bits per heavy atom. The van der Waals surface area contributed by atoms with Crippen molar-refractivity contribution in [2.45, 2.75) is 25.9 Å². The van der Waals surface area contributed by atoms with Crippen LogP contribution in [0.1, 0.15) is 30.1 Å². The van der Waals surface area contributed by atoms with Gasteiger partial charge in [0, 0.05) is 13.2 Å². The Balaban J connectivity index is 1.91. The molecule has 1 atom stereocenters. The largest absolute Gasteiger partial charge is 0.462 e. The number of hydrogen-bond donors (Lipinski definition) is 2. The highest BCUT2D eigenvalue weighted by Gasteiger charge is 2.16. The van der Waals surface area contributed by atoms with Crippen LogP contribution in [-0.4, -0.2) is 36.9 Å². The van der Waals surface area contributed by atoms with E-state index in [2.05, 4.69) is 10.6 Å². The fourth-order valence-corrected chi connectivity index (χ4v) is 2.35. The second kappa shape index (κ2) is 7.95. The van der Waals surface area contributed by atoms with Gasteiger partial charge < -0.3 is 20.1 Å². The molecule has 1 aromatic carbocycles. The van der Waals surface area contributed by atoms with Crippen LogP contribution in [0.2, 0.25) is 0 Å². The fraction of sp³-hybridized carbons (Fsp3) is 0.467. The van der Waals surface area contributed by atoms with Crippen LogP contribution in [0.3, 0.4) is 0 Å². The van der Waals surface area contributed by atoms with Gasteiger partial charge in [-0.1, -0.05) is 12.1 Å². The molecule has 1 aromatic rings. The van der Waals surface area contributed by atoms with E-state index in [1.54, 1.807) is 25.1 Å². The summed E-state index contributed by atoms with van der Waals surface area (Å²) >= 11 is 5.25. The highest BCUT2D eigenvalue weighted by Crippen LogP contribution is 2.16. The minimum atomic E-state index is -0.359. The summed E-state index contributed by atoms with van der Waals surface area (Å²) in [4.78, 5) is 11.9. The van der Waals surface area contributed by atoms with Gasteiger partial charge in [0.05, 0.1) is 24.0 Å². The summed E-state index contributed by atoms with van der Waals surface area (Å²) in [5.74, 6) is -0.359. The Bertz CT molecular complexity index is 501. The van der Waals surface area contributed by atoms with Crippen molar-refractivity contribution in [3.63, 3.8) is 0 Å². The number of carbonyl (C=O) groups is 1. The number of esters is 1. The summed E-state index contributed by atoms with van der Waals surface area (Å²) in [6.07, 6.45) is 2.36. The number of hydrogen-bond acceptors (Lipinski definition) is 4. The van der Waals surface area contributed by atoms with Crippen molar-refractivity contribution in [2.75, 3.05) is 25.1 Å². The predicted octanol–water partition coefficient (Wildman–Crippen LogP) is 2.33. The van der Waals surface area contributed by atoms with Gasteiger partial charge in [0.1, 0.15) is 0 Å². The van der Waals surface area contributed by atoms with E-state index in [0.29, 0.717) is 29.5 Å². The van der Waals surface area contributed by atoms with E-state index in [4.69, 9.17) is 21.7 Å². The zero-order valence-electron chi connectivity index (χ0n) is 12.1. The molecule has 0 aliphatic carbocycles. The van der Waals surface area contributed by atoms with Gasteiger partial charge in [-0.05, 0) is 44.1 Å². The zero-order chi connectivity index (χ0) is 15.1. The standard InChI is InChI=1S/C15H20N2O3S/c1-2-19-14(18)12-7-3-4-8-13(12)17-15(21)16-10-11-6-5-9-20-11/h3-4,7-8,11H,2,5-6,9-10H2,1H3,(H2,16,17,21). The Morgan fingerprint density at radius 1 is 1.48 bits per heavy atom. The van der Waals surface area contributed by atoms with Gasteiger partial charge in [0.15, 0.2) is 5.11 Å². The van der Waals surface area contributed by atoms with Crippen molar-refractivity contribution in [1.82, 2.24) is 5.32 Å². The summed E-state index contributed by atoms with van der Waals surface area (Å²) in [5, 5.41) is 6.63. The van der Waals surface area contributed by atoms with E-state index in [0.717, 1.165) is 19.4 Å². The second-order valence-electron chi connectivity index (χ2n) is 4.74. The molecule has 114 valence electrons. The molecule has 1 aliphatic rings. The van der Waals surface area contributed by atoms with Crippen LogP contribution in [0.4, 0.5) is 5.69 Å². The van der Waals surface area contributed by atoms with Crippen LogP contribution in [0.5, 0.6) is 0 Å². The van der Waals surface area contributed by atoms with Gasteiger partial charge in [-0.3, -0.25) is 0 Å². The average Bonchev–Trinajstić information content (AvgIpc) is 2.99. The first kappa shape index (κ1) is 15.7. The molecule has 1 unspecified atom stereocenters. The summed E-state index contributed by atoms with van der Waals surface area (Å²) in [7, 11) is 0. The minimum Gasteiger partial charge on any atom is -0.462 e. The number of rotatable bonds is 5. The van der Waals surface area contributed by atoms with E-state index >= 15 is 0 Å². The Labute approximate surface area is 130 Å². The molecule has 0 saturated carbocycles. The lowest BCUT2D eigenvalue weighted by Crippen LogP contribution is -2.35. The molecule has 1 fully saturated rings. The third kappa shape index (κ3) is 4.68. The van der Waals surface area contributed by atoms with Crippen molar-refractivity contribution in [2.24, 2.45) is 0 Å². The molecule has 6 heteroatoms. The lowest BCUT2D eigenvalue weighted by atomic mass is 10.2. The van der Waals surface area contributed by atoms with Crippen LogP contribution in [0, 0.1) is 0 Å². The number of ether oxygens (including phenoxy) is 2. The van der Waals surface area contributed by atoms with E-state index in [9.17, 15) is 4.79 Å². The lowest BCUT2D eigenvalue weighted by molar-refractivity contribution is 0.0527. The van der Waals surface area contributed by atoms with Crippen LogP contribution in [-0.2, 0) is 9.47 Å². The first-order valence-electron chi connectivity index (χ1n) is 7.13. The molecule has 0 bridgehead atoms. The molecule has 0 radical (unpaired) electrons. The van der Waals surface area contributed by atoms with Gasteiger partial charge in [-0.2, -0.15) is 0 Å². The van der Waals surface area contributed by atoms with Gasteiger partial charge in [-0.15, -0.1) is 0 Å². The van der Waals surface area contributed by atoms with Crippen LogP contribution in [0.25, 0.3) is 0 Å². The number of carbonyl (C=O) groups excluding carboxylic acids is 1.